The van der Waals surface area contributed by atoms with Gasteiger partial charge >= 0.3 is 17.6 Å². The first-order chi connectivity index (χ1) is 16.4. The van der Waals surface area contributed by atoms with E-state index in [9.17, 15) is 19.2 Å². The Balaban J connectivity index is 1.40. The van der Waals surface area contributed by atoms with E-state index in [4.69, 9.17) is 9.47 Å². The summed E-state index contributed by atoms with van der Waals surface area (Å²) in [5.41, 5.74) is 2.14. The monoisotopic (exact) mass is 466 g/mol. The maximum atomic E-state index is 12.7. The number of hydrogen-bond donors (Lipinski definition) is 2. The average molecular weight is 466 g/mol. The zero-order chi connectivity index (χ0) is 24.2. The first-order valence-corrected chi connectivity index (χ1v) is 10.9. The molecule has 2 aromatic carbocycles. The van der Waals surface area contributed by atoms with Crippen molar-refractivity contribution >= 4 is 34.6 Å². The van der Waals surface area contributed by atoms with Crippen molar-refractivity contribution in [2.45, 2.75) is 18.9 Å². The van der Waals surface area contributed by atoms with Crippen LogP contribution >= 0.6 is 0 Å². The second-order valence-corrected chi connectivity index (χ2v) is 8.16. The van der Waals surface area contributed by atoms with Crippen LogP contribution in [0.25, 0.3) is 11.0 Å². The molecular weight excluding hydrogens is 440 g/mol. The minimum absolute atomic E-state index is 0.0577. The second-order valence-electron chi connectivity index (χ2n) is 8.16. The fraction of sp³-hybridized carbons (Fsp3) is 0.333. The Morgan fingerprint density at radius 2 is 1.62 bits per heavy atom. The molecule has 2 heterocycles. The smallest absolute Gasteiger partial charge is 0.337 e. The predicted octanol–water partition coefficient (Wildman–Crippen LogP) is 2.18. The lowest BCUT2D eigenvalue weighted by Gasteiger charge is -2.32. The Kier molecular flexibility index (Phi) is 6.78. The topological polar surface area (TPSA) is 123 Å². The first kappa shape index (κ1) is 23.2. The van der Waals surface area contributed by atoms with E-state index in [-0.39, 0.29) is 35.3 Å². The highest BCUT2D eigenvalue weighted by Gasteiger charge is 2.25. The van der Waals surface area contributed by atoms with E-state index in [2.05, 4.69) is 10.3 Å². The van der Waals surface area contributed by atoms with Gasteiger partial charge in [0.15, 0.2) is 0 Å². The number of H-pyrrole nitrogens is 1. The number of aromatic amines is 1. The fourth-order valence-electron chi connectivity index (χ4n) is 4.35. The third kappa shape index (κ3) is 4.86. The Morgan fingerprint density at radius 3 is 2.24 bits per heavy atom. The Bertz CT molecular complexity index is 1250. The number of carbonyl (C=O) groups is 3. The summed E-state index contributed by atoms with van der Waals surface area (Å²) in [5, 5.41) is 2.74. The summed E-state index contributed by atoms with van der Waals surface area (Å²) in [6.45, 7) is 1.45. The number of nitrogens with zero attached hydrogens (tertiary/aromatic N) is 2. The number of benzene rings is 2. The van der Waals surface area contributed by atoms with Gasteiger partial charge in [0.2, 0.25) is 5.91 Å². The highest BCUT2D eigenvalue weighted by molar-refractivity contribution is 5.99. The van der Waals surface area contributed by atoms with Gasteiger partial charge in [0.1, 0.15) is 0 Å². The zero-order valence-corrected chi connectivity index (χ0v) is 19.0. The number of esters is 2. The maximum absolute atomic E-state index is 12.7. The van der Waals surface area contributed by atoms with E-state index in [1.165, 1.54) is 32.4 Å². The highest BCUT2D eigenvalue weighted by Crippen LogP contribution is 2.25. The minimum atomic E-state index is -0.629. The number of para-hydroxylation sites is 2. The Labute approximate surface area is 195 Å². The first-order valence-electron chi connectivity index (χ1n) is 10.9. The average Bonchev–Trinajstić information content (AvgIpc) is 3.18. The van der Waals surface area contributed by atoms with Gasteiger partial charge in [0, 0.05) is 24.8 Å². The summed E-state index contributed by atoms with van der Waals surface area (Å²) in [4.78, 5) is 53.9. The van der Waals surface area contributed by atoms with Gasteiger partial charge in [0.25, 0.3) is 0 Å². The Hall–Kier alpha value is -3.92. The van der Waals surface area contributed by atoms with Gasteiger partial charge < -0.3 is 19.8 Å². The van der Waals surface area contributed by atoms with Crippen LogP contribution in [0, 0.1) is 0 Å². The number of aromatic nitrogens is 2. The predicted molar refractivity (Wildman–Crippen MR) is 125 cm³/mol. The number of ether oxygens (including phenoxy) is 2. The molecule has 1 aliphatic heterocycles. The molecule has 34 heavy (non-hydrogen) atoms. The molecule has 1 amide bonds. The lowest BCUT2D eigenvalue weighted by Crippen LogP contribution is -2.41. The third-order valence-electron chi connectivity index (χ3n) is 5.97. The van der Waals surface area contributed by atoms with Gasteiger partial charge in [-0.15, -0.1) is 0 Å². The van der Waals surface area contributed by atoms with Crippen LogP contribution in [-0.2, 0) is 14.3 Å². The molecule has 4 rings (SSSR count). The van der Waals surface area contributed by atoms with Crippen molar-refractivity contribution in [3.05, 3.63) is 64.1 Å². The fourth-order valence-corrected chi connectivity index (χ4v) is 4.35. The number of rotatable bonds is 6. The lowest BCUT2D eigenvalue weighted by molar-refractivity contribution is -0.117. The van der Waals surface area contributed by atoms with Gasteiger partial charge in [-0.2, -0.15) is 0 Å². The van der Waals surface area contributed by atoms with Crippen molar-refractivity contribution in [3.63, 3.8) is 0 Å². The molecule has 0 unspecified atom stereocenters. The summed E-state index contributed by atoms with van der Waals surface area (Å²) < 4.78 is 11.3. The summed E-state index contributed by atoms with van der Waals surface area (Å²) >= 11 is 0. The number of methoxy groups -OCH3 is 2. The molecule has 1 saturated heterocycles. The quantitative estimate of drug-likeness (QED) is 0.534. The van der Waals surface area contributed by atoms with Crippen LogP contribution in [-0.4, -0.2) is 66.2 Å². The molecule has 0 bridgehead atoms. The van der Waals surface area contributed by atoms with Crippen LogP contribution < -0.4 is 11.0 Å². The van der Waals surface area contributed by atoms with Crippen molar-refractivity contribution in [2.24, 2.45) is 0 Å². The molecule has 0 atom stereocenters. The van der Waals surface area contributed by atoms with E-state index >= 15 is 0 Å². The molecule has 0 radical (unpaired) electrons. The maximum Gasteiger partial charge on any atom is 0.337 e. The van der Waals surface area contributed by atoms with Crippen molar-refractivity contribution in [3.8, 4) is 0 Å². The van der Waals surface area contributed by atoms with E-state index in [1.54, 1.807) is 4.57 Å². The number of fused-ring (bicyclic) bond motifs is 1. The highest BCUT2D eigenvalue weighted by atomic mass is 16.5. The van der Waals surface area contributed by atoms with Crippen molar-refractivity contribution in [2.75, 3.05) is 39.2 Å². The second kappa shape index (κ2) is 9.92. The van der Waals surface area contributed by atoms with Crippen LogP contribution in [0.3, 0.4) is 0 Å². The van der Waals surface area contributed by atoms with Crippen LogP contribution in [0.5, 0.6) is 0 Å². The molecule has 1 aromatic heterocycles. The standard InChI is InChI=1S/C24H26N4O6/c1-33-22(30)15-11-16(23(31)34-2)13-17(12-15)25-21(29)14-27-9-7-18(8-10-27)28-20-6-4-3-5-19(20)26-24(28)32/h3-6,11-13,18H,7-10,14H2,1-2H3,(H,25,29)(H,26,32). The summed E-state index contributed by atoms with van der Waals surface area (Å²) in [7, 11) is 2.47. The normalized spacial score (nSPS) is 14.6. The number of carbonyl (C=O) groups excluding carboxylic acids is 3. The molecule has 1 fully saturated rings. The largest absolute Gasteiger partial charge is 0.465 e. The molecule has 178 valence electrons. The summed E-state index contributed by atoms with van der Waals surface area (Å²) in [5.74, 6) is -1.53. The third-order valence-corrected chi connectivity index (χ3v) is 5.97. The van der Waals surface area contributed by atoms with E-state index in [0.29, 0.717) is 18.8 Å². The number of likely N-dealkylation sites (tertiary alicyclic amines) is 1. The van der Waals surface area contributed by atoms with Crippen molar-refractivity contribution < 1.29 is 23.9 Å². The number of imidazole rings is 1. The van der Waals surface area contributed by atoms with Crippen molar-refractivity contribution in [1.29, 1.82) is 0 Å². The van der Waals surface area contributed by atoms with Crippen molar-refractivity contribution in [1.82, 2.24) is 14.5 Å². The summed E-state index contributed by atoms with van der Waals surface area (Å²) in [6.07, 6.45) is 1.47. The zero-order valence-electron chi connectivity index (χ0n) is 19.0. The van der Waals surface area contributed by atoms with E-state index in [0.717, 1.165) is 23.9 Å². The molecule has 10 nitrogen and oxygen atoms in total. The molecule has 0 saturated carbocycles. The molecule has 1 aliphatic rings. The molecule has 0 aliphatic carbocycles. The molecule has 10 heteroatoms. The number of piperidine rings is 1. The van der Waals surface area contributed by atoms with E-state index < -0.39 is 11.9 Å². The number of amides is 1. The molecule has 3 aromatic rings. The van der Waals surface area contributed by atoms with Crippen LogP contribution in [0.2, 0.25) is 0 Å². The number of hydrogen-bond acceptors (Lipinski definition) is 7. The molecular formula is C24H26N4O6. The van der Waals surface area contributed by atoms with Crippen LogP contribution in [0.1, 0.15) is 39.6 Å². The molecule has 0 spiro atoms. The van der Waals surface area contributed by atoms with Crippen LogP contribution in [0.15, 0.2) is 47.3 Å². The molecule has 2 N–H and O–H groups in total. The van der Waals surface area contributed by atoms with E-state index in [1.807, 2.05) is 29.2 Å². The van der Waals surface area contributed by atoms with Gasteiger partial charge in [-0.1, -0.05) is 12.1 Å². The number of anilines is 1. The van der Waals surface area contributed by atoms with Gasteiger partial charge in [-0.3, -0.25) is 14.3 Å². The number of nitrogens with one attached hydrogen (secondary N) is 2. The SMILES string of the molecule is COC(=O)c1cc(NC(=O)CN2CCC(n3c(=O)[nH]c4ccccc43)CC2)cc(C(=O)OC)c1. The Morgan fingerprint density at radius 1 is 1.00 bits per heavy atom. The van der Waals surface area contributed by atoms with Gasteiger partial charge in [0.05, 0.1) is 42.9 Å². The lowest BCUT2D eigenvalue weighted by atomic mass is 10.0. The van der Waals surface area contributed by atoms with Crippen LogP contribution in [0.4, 0.5) is 5.69 Å². The van der Waals surface area contributed by atoms with Gasteiger partial charge in [-0.05, 0) is 43.2 Å². The van der Waals surface area contributed by atoms with Gasteiger partial charge in [-0.25, -0.2) is 14.4 Å². The summed E-state index contributed by atoms with van der Waals surface area (Å²) in [6, 6.07) is 11.9. The minimum Gasteiger partial charge on any atom is -0.465 e.